The SMILES string of the molecule is CCN(CC)C(C(=O)O)c1ccc2cc(OC)ccc2c1. The monoisotopic (exact) mass is 287 g/mol. The molecule has 0 heterocycles. The highest BCUT2D eigenvalue weighted by molar-refractivity contribution is 5.86. The summed E-state index contributed by atoms with van der Waals surface area (Å²) in [7, 11) is 1.64. The maximum Gasteiger partial charge on any atom is 0.325 e. The molecular formula is C17H21NO3. The molecule has 0 radical (unpaired) electrons. The molecule has 0 saturated carbocycles. The third-order valence-electron chi connectivity index (χ3n) is 3.80. The summed E-state index contributed by atoms with van der Waals surface area (Å²) >= 11 is 0. The average molecular weight is 287 g/mol. The van der Waals surface area contributed by atoms with Crippen LogP contribution in [0.25, 0.3) is 10.8 Å². The van der Waals surface area contributed by atoms with Gasteiger partial charge in [0.05, 0.1) is 7.11 Å². The zero-order valence-electron chi connectivity index (χ0n) is 12.7. The van der Waals surface area contributed by atoms with Crippen LogP contribution in [-0.4, -0.2) is 36.2 Å². The van der Waals surface area contributed by atoms with E-state index in [4.69, 9.17) is 4.74 Å². The van der Waals surface area contributed by atoms with Crippen molar-refractivity contribution in [2.45, 2.75) is 19.9 Å². The first kappa shape index (κ1) is 15.3. The molecule has 2 aromatic rings. The number of hydrogen-bond acceptors (Lipinski definition) is 3. The van der Waals surface area contributed by atoms with E-state index in [2.05, 4.69) is 0 Å². The summed E-state index contributed by atoms with van der Waals surface area (Å²) in [5.74, 6) is -0.0136. The van der Waals surface area contributed by atoms with E-state index in [0.717, 1.165) is 22.1 Å². The zero-order chi connectivity index (χ0) is 15.4. The first-order chi connectivity index (χ1) is 10.1. The van der Waals surface area contributed by atoms with Gasteiger partial charge >= 0.3 is 5.97 Å². The Hall–Kier alpha value is -2.07. The van der Waals surface area contributed by atoms with Gasteiger partial charge in [0.2, 0.25) is 0 Å². The second-order valence-corrected chi connectivity index (χ2v) is 4.93. The Bertz CT molecular complexity index is 635. The summed E-state index contributed by atoms with van der Waals surface area (Å²) < 4.78 is 5.21. The largest absolute Gasteiger partial charge is 0.497 e. The molecule has 0 aliphatic heterocycles. The van der Waals surface area contributed by atoms with Gasteiger partial charge in [-0.3, -0.25) is 9.69 Å². The first-order valence-electron chi connectivity index (χ1n) is 7.15. The normalized spacial score (nSPS) is 12.6. The van der Waals surface area contributed by atoms with Crippen LogP contribution in [0.1, 0.15) is 25.5 Å². The van der Waals surface area contributed by atoms with Gasteiger partial charge in [-0.05, 0) is 47.6 Å². The van der Waals surface area contributed by atoms with Gasteiger partial charge in [0.25, 0.3) is 0 Å². The Balaban J connectivity index is 2.46. The standard InChI is InChI=1S/C17H21NO3/c1-4-18(5-2)16(17(19)20)14-7-6-13-11-15(21-3)9-8-12(13)10-14/h6-11,16H,4-5H2,1-3H3,(H,19,20). The molecule has 0 amide bonds. The van der Waals surface area contributed by atoms with E-state index in [9.17, 15) is 9.90 Å². The van der Waals surface area contributed by atoms with Crippen molar-refractivity contribution in [3.8, 4) is 5.75 Å². The third kappa shape index (κ3) is 3.16. The van der Waals surface area contributed by atoms with Gasteiger partial charge in [-0.15, -0.1) is 0 Å². The van der Waals surface area contributed by atoms with E-state index < -0.39 is 12.0 Å². The molecule has 0 spiro atoms. The van der Waals surface area contributed by atoms with Crippen molar-refractivity contribution >= 4 is 16.7 Å². The lowest BCUT2D eigenvalue weighted by atomic mass is 10.0. The van der Waals surface area contributed by atoms with Gasteiger partial charge in [-0.1, -0.05) is 32.0 Å². The number of aliphatic carboxylic acids is 1. The van der Waals surface area contributed by atoms with E-state index in [1.807, 2.05) is 55.1 Å². The molecule has 0 bridgehead atoms. The summed E-state index contributed by atoms with van der Waals surface area (Å²) in [5, 5.41) is 11.6. The van der Waals surface area contributed by atoms with Crippen molar-refractivity contribution in [3.63, 3.8) is 0 Å². The zero-order valence-corrected chi connectivity index (χ0v) is 12.7. The van der Waals surface area contributed by atoms with Gasteiger partial charge in [0.1, 0.15) is 11.8 Å². The summed E-state index contributed by atoms with van der Waals surface area (Å²) in [6, 6.07) is 11.0. The number of nitrogens with zero attached hydrogens (tertiary/aromatic N) is 1. The highest BCUT2D eigenvalue weighted by Crippen LogP contribution is 2.27. The fraction of sp³-hybridized carbons (Fsp3) is 0.353. The van der Waals surface area contributed by atoms with Crippen molar-refractivity contribution in [2.24, 2.45) is 0 Å². The maximum absolute atomic E-state index is 11.6. The van der Waals surface area contributed by atoms with Crippen LogP contribution in [0.2, 0.25) is 0 Å². The number of likely N-dealkylation sites (N-methyl/N-ethyl adjacent to an activating group) is 1. The van der Waals surface area contributed by atoms with Crippen LogP contribution in [0.3, 0.4) is 0 Å². The minimum absolute atomic E-state index is 0.605. The van der Waals surface area contributed by atoms with E-state index in [0.29, 0.717) is 13.1 Å². The quantitative estimate of drug-likeness (QED) is 0.885. The number of methoxy groups -OCH3 is 1. The fourth-order valence-electron chi connectivity index (χ4n) is 2.64. The molecule has 0 fully saturated rings. The highest BCUT2D eigenvalue weighted by atomic mass is 16.5. The summed E-state index contributed by atoms with van der Waals surface area (Å²) in [5.41, 5.74) is 0.809. The Morgan fingerprint density at radius 1 is 1.14 bits per heavy atom. The van der Waals surface area contributed by atoms with E-state index >= 15 is 0 Å². The van der Waals surface area contributed by atoms with Crippen LogP contribution >= 0.6 is 0 Å². The lowest BCUT2D eigenvalue weighted by Crippen LogP contribution is -2.33. The number of ether oxygens (including phenoxy) is 1. The van der Waals surface area contributed by atoms with Crippen LogP contribution in [0.15, 0.2) is 36.4 Å². The number of fused-ring (bicyclic) bond motifs is 1. The molecule has 4 nitrogen and oxygen atoms in total. The van der Waals surface area contributed by atoms with Crippen LogP contribution in [0.5, 0.6) is 5.75 Å². The second-order valence-electron chi connectivity index (χ2n) is 4.93. The number of benzene rings is 2. The molecule has 2 aromatic carbocycles. The van der Waals surface area contributed by atoms with Crippen LogP contribution in [0.4, 0.5) is 0 Å². The topological polar surface area (TPSA) is 49.8 Å². The lowest BCUT2D eigenvalue weighted by Gasteiger charge is -2.26. The number of carbonyl (C=O) groups is 1. The number of carboxylic acid groups (broad SMARTS) is 1. The van der Waals surface area contributed by atoms with Gasteiger partial charge < -0.3 is 9.84 Å². The second kappa shape index (κ2) is 6.59. The Labute approximate surface area is 124 Å². The van der Waals surface area contributed by atoms with Crippen molar-refractivity contribution < 1.29 is 14.6 Å². The smallest absolute Gasteiger partial charge is 0.325 e. The molecule has 112 valence electrons. The summed E-state index contributed by atoms with van der Waals surface area (Å²) in [4.78, 5) is 13.6. The predicted molar refractivity (Wildman–Crippen MR) is 83.8 cm³/mol. The summed E-state index contributed by atoms with van der Waals surface area (Å²) in [6.45, 7) is 5.36. The first-order valence-corrected chi connectivity index (χ1v) is 7.15. The van der Waals surface area contributed by atoms with E-state index in [1.165, 1.54) is 0 Å². The van der Waals surface area contributed by atoms with Crippen LogP contribution in [0, 0.1) is 0 Å². The number of hydrogen-bond donors (Lipinski definition) is 1. The van der Waals surface area contributed by atoms with Gasteiger partial charge in [0, 0.05) is 0 Å². The Morgan fingerprint density at radius 3 is 2.33 bits per heavy atom. The minimum Gasteiger partial charge on any atom is -0.497 e. The minimum atomic E-state index is -0.813. The molecule has 21 heavy (non-hydrogen) atoms. The van der Waals surface area contributed by atoms with Crippen molar-refractivity contribution in [1.29, 1.82) is 0 Å². The van der Waals surface area contributed by atoms with Gasteiger partial charge in [-0.2, -0.15) is 0 Å². The van der Waals surface area contributed by atoms with Crippen molar-refractivity contribution in [3.05, 3.63) is 42.0 Å². The molecule has 1 unspecified atom stereocenters. The third-order valence-corrected chi connectivity index (χ3v) is 3.80. The van der Waals surface area contributed by atoms with Crippen molar-refractivity contribution in [2.75, 3.05) is 20.2 Å². The molecule has 0 aliphatic carbocycles. The Kier molecular flexibility index (Phi) is 4.81. The lowest BCUT2D eigenvalue weighted by molar-refractivity contribution is -0.143. The summed E-state index contributed by atoms with van der Waals surface area (Å²) in [6.07, 6.45) is 0. The average Bonchev–Trinajstić information content (AvgIpc) is 2.51. The highest BCUT2D eigenvalue weighted by Gasteiger charge is 2.25. The van der Waals surface area contributed by atoms with Crippen LogP contribution in [-0.2, 0) is 4.79 Å². The number of rotatable bonds is 6. The molecule has 4 heteroatoms. The van der Waals surface area contributed by atoms with E-state index in [-0.39, 0.29) is 0 Å². The number of carboxylic acids is 1. The predicted octanol–water partition coefficient (Wildman–Crippen LogP) is 3.32. The molecule has 2 rings (SSSR count). The van der Waals surface area contributed by atoms with Crippen LogP contribution < -0.4 is 4.74 Å². The molecule has 0 aromatic heterocycles. The molecular weight excluding hydrogens is 266 g/mol. The van der Waals surface area contributed by atoms with Gasteiger partial charge in [-0.25, -0.2) is 0 Å². The van der Waals surface area contributed by atoms with Gasteiger partial charge in [0.15, 0.2) is 0 Å². The van der Waals surface area contributed by atoms with Crippen molar-refractivity contribution in [1.82, 2.24) is 4.90 Å². The molecule has 1 N–H and O–H groups in total. The molecule has 0 saturated heterocycles. The van der Waals surface area contributed by atoms with E-state index in [1.54, 1.807) is 7.11 Å². The Morgan fingerprint density at radius 2 is 1.76 bits per heavy atom. The maximum atomic E-state index is 11.6. The molecule has 0 aliphatic rings. The molecule has 1 atom stereocenters. The fourth-order valence-corrected chi connectivity index (χ4v) is 2.64.